The Labute approximate surface area is 99.9 Å². The smallest absolute Gasteiger partial charge is 0.335 e. The molecule has 0 saturated carbocycles. The average Bonchev–Trinajstić information content (AvgIpc) is 2.34. The first-order valence-corrected chi connectivity index (χ1v) is 5.27. The molecule has 1 aromatic rings. The molecule has 17 heavy (non-hydrogen) atoms. The summed E-state index contributed by atoms with van der Waals surface area (Å²) in [6.07, 6.45) is 0. The Balaban J connectivity index is 2.27. The summed E-state index contributed by atoms with van der Waals surface area (Å²) >= 11 is 0. The standard InChI is InChI=1S/C12H16O5/c1-15-5-6-16-7-8-17-11-4-2-3-10(9-11)12(13)14/h2-4,9H,5-8H2,1H3,(H,13,14). The Kier molecular flexibility index (Phi) is 6.06. The second-order valence-electron chi connectivity index (χ2n) is 3.29. The number of carboxylic acids is 1. The number of benzene rings is 1. The van der Waals surface area contributed by atoms with E-state index >= 15 is 0 Å². The summed E-state index contributed by atoms with van der Waals surface area (Å²) in [7, 11) is 1.61. The van der Waals surface area contributed by atoms with Crippen LogP contribution in [0.5, 0.6) is 5.75 Å². The lowest BCUT2D eigenvalue weighted by molar-refractivity contribution is 0.0543. The molecule has 0 unspecified atom stereocenters. The van der Waals surface area contributed by atoms with Crippen LogP contribution in [0.2, 0.25) is 0 Å². The summed E-state index contributed by atoms with van der Waals surface area (Å²) in [5.74, 6) is -0.438. The van der Waals surface area contributed by atoms with Crippen molar-refractivity contribution < 1.29 is 24.1 Å². The second-order valence-corrected chi connectivity index (χ2v) is 3.29. The van der Waals surface area contributed by atoms with Gasteiger partial charge in [-0.05, 0) is 18.2 Å². The van der Waals surface area contributed by atoms with E-state index in [1.807, 2.05) is 0 Å². The van der Waals surface area contributed by atoms with Crippen LogP contribution in [0.15, 0.2) is 24.3 Å². The van der Waals surface area contributed by atoms with Gasteiger partial charge in [-0.15, -0.1) is 0 Å². The Morgan fingerprint density at radius 1 is 1.24 bits per heavy atom. The number of hydrogen-bond donors (Lipinski definition) is 1. The van der Waals surface area contributed by atoms with Crippen molar-refractivity contribution in [1.29, 1.82) is 0 Å². The zero-order valence-electron chi connectivity index (χ0n) is 9.72. The van der Waals surface area contributed by atoms with Gasteiger partial charge in [-0.3, -0.25) is 0 Å². The van der Waals surface area contributed by atoms with Crippen LogP contribution >= 0.6 is 0 Å². The number of rotatable bonds is 8. The van der Waals surface area contributed by atoms with E-state index in [1.54, 1.807) is 19.2 Å². The van der Waals surface area contributed by atoms with Gasteiger partial charge in [0, 0.05) is 7.11 Å². The van der Waals surface area contributed by atoms with Crippen LogP contribution in [-0.2, 0) is 9.47 Å². The molecule has 1 aromatic carbocycles. The highest BCUT2D eigenvalue weighted by molar-refractivity contribution is 5.87. The minimum Gasteiger partial charge on any atom is -0.491 e. The molecule has 0 radical (unpaired) electrons. The van der Waals surface area contributed by atoms with Gasteiger partial charge in [0.15, 0.2) is 0 Å². The van der Waals surface area contributed by atoms with Gasteiger partial charge in [-0.1, -0.05) is 6.07 Å². The lowest BCUT2D eigenvalue weighted by Crippen LogP contribution is -2.10. The van der Waals surface area contributed by atoms with Crippen molar-refractivity contribution >= 4 is 5.97 Å². The normalized spacial score (nSPS) is 10.2. The molecule has 0 amide bonds. The highest BCUT2D eigenvalue weighted by Gasteiger charge is 2.03. The highest BCUT2D eigenvalue weighted by atomic mass is 16.5. The number of ether oxygens (including phenoxy) is 3. The molecule has 0 spiro atoms. The Morgan fingerprint density at radius 3 is 2.71 bits per heavy atom. The van der Waals surface area contributed by atoms with E-state index in [0.717, 1.165) is 0 Å². The van der Waals surface area contributed by atoms with E-state index in [-0.39, 0.29) is 5.56 Å². The molecule has 0 aliphatic heterocycles. The maximum atomic E-state index is 10.7. The van der Waals surface area contributed by atoms with Crippen molar-refractivity contribution in [3.63, 3.8) is 0 Å². The monoisotopic (exact) mass is 240 g/mol. The van der Waals surface area contributed by atoms with Gasteiger partial charge < -0.3 is 19.3 Å². The number of carbonyl (C=O) groups is 1. The summed E-state index contributed by atoms with van der Waals surface area (Å²) in [6.45, 7) is 1.90. The SMILES string of the molecule is COCCOCCOc1cccc(C(=O)O)c1. The van der Waals surface area contributed by atoms with Gasteiger partial charge in [0.05, 0.1) is 25.4 Å². The number of carboxylic acid groups (broad SMARTS) is 1. The molecular formula is C12H16O5. The summed E-state index contributed by atoms with van der Waals surface area (Å²) in [5.41, 5.74) is 0.211. The Bertz CT molecular complexity index is 351. The van der Waals surface area contributed by atoms with E-state index in [4.69, 9.17) is 19.3 Å². The molecular weight excluding hydrogens is 224 g/mol. The van der Waals surface area contributed by atoms with E-state index in [0.29, 0.717) is 32.2 Å². The molecule has 5 nitrogen and oxygen atoms in total. The molecule has 94 valence electrons. The fourth-order valence-electron chi connectivity index (χ4n) is 1.18. The fourth-order valence-corrected chi connectivity index (χ4v) is 1.18. The van der Waals surface area contributed by atoms with E-state index in [1.165, 1.54) is 12.1 Å². The maximum absolute atomic E-state index is 10.7. The van der Waals surface area contributed by atoms with Gasteiger partial charge in [-0.25, -0.2) is 4.79 Å². The first-order chi connectivity index (χ1) is 8.24. The lowest BCUT2D eigenvalue weighted by Gasteiger charge is -2.07. The van der Waals surface area contributed by atoms with Crippen LogP contribution in [0.4, 0.5) is 0 Å². The van der Waals surface area contributed by atoms with Crippen molar-refractivity contribution in [2.24, 2.45) is 0 Å². The average molecular weight is 240 g/mol. The molecule has 0 aromatic heterocycles. The first kappa shape index (κ1) is 13.5. The molecule has 0 aliphatic rings. The van der Waals surface area contributed by atoms with Crippen LogP contribution in [0, 0.1) is 0 Å². The van der Waals surface area contributed by atoms with Gasteiger partial charge in [-0.2, -0.15) is 0 Å². The van der Waals surface area contributed by atoms with E-state index in [9.17, 15) is 4.79 Å². The molecule has 0 bridgehead atoms. The largest absolute Gasteiger partial charge is 0.491 e. The zero-order valence-corrected chi connectivity index (χ0v) is 9.72. The maximum Gasteiger partial charge on any atom is 0.335 e. The summed E-state index contributed by atoms with van der Waals surface area (Å²) < 4.78 is 15.4. The third kappa shape index (κ3) is 5.33. The Morgan fingerprint density at radius 2 is 2.00 bits per heavy atom. The van der Waals surface area contributed by atoms with Crippen molar-refractivity contribution in [2.75, 3.05) is 33.5 Å². The van der Waals surface area contributed by atoms with Crippen LogP contribution < -0.4 is 4.74 Å². The molecule has 5 heteroatoms. The molecule has 0 saturated heterocycles. The van der Waals surface area contributed by atoms with Crippen LogP contribution in [0.3, 0.4) is 0 Å². The topological polar surface area (TPSA) is 65.0 Å². The van der Waals surface area contributed by atoms with Crippen molar-refractivity contribution in [1.82, 2.24) is 0 Å². The van der Waals surface area contributed by atoms with Crippen LogP contribution in [0.25, 0.3) is 0 Å². The van der Waals surface area contributed by atoms with Crippen LogP contribution in [0.1, 0.15) is 10.4 Å². The first-order valence-electron chi connectivity index (χ1n) is 5.27. The lowest BCUT2D eigenvalue weighted by atomic mass is 10.2. The number of methoxy groups -OCH3 is 1. The quantitative estimate of drug-likeness (QED) is 0.696. The summed E-state index contributed by atoms with van der Waals surface area (Å²) in [4.78, 5) is 10.7. The fraction of sp³-hybridized carbons (Fsp3) is 0.417. The van der Waals surface area contributed by atoms with Gasteiger partial charge in [0.2, 0.25) is 0 Å². The van der Waals surface area contributed by atoms with Crippen molar-refractivity contribution in [2.45, 2.75) is 0 Å². The number of aromatic carboxylic acids is 1. The second kappa shape index (κ2) is 7.65. The molecule has 1 N–H and O–H groups in total. The molecule has 1 rings (SSSR count). The van der Waals surface area contributed by atoms with Gasteiger partial charge >= 0.3 is 5.97 Å². The predicted octanol–water partition coefficient (Wildman–Crippen LogP) is 1.43. The van der Waals surface area contributed by atoms with Gasteiger partial charge in [0.25, 0.3) is 0 Å². The third-order valence-electron chi connectivity index (χ3n) is 2.01. The summed E-state index contributed by atoms with van der Waals surface area (Å²) in [5, 5.41) is 8.78. The highest BCUT2D eigenvalue weighted by Crippen LogP contribution is 2.12. The zero-order chi connectivity index (χ0) is 12.5. The van der Waals surface area contributed by atoms with E-state index < -0.39 is 5.97 Å². The molecule has 0 atom stereocenters. The summed E-state index contributed by atoms with van der Waals surface area (Å²) in [6, 6.07) is 6.36. The third-order valence-corrected chi connectivity index (χ3v) is 2.01. The van der Waals surface area contributed by atoms with Crippen molar-refractivity contribution in [3.05, 3.63) is 29.8 Å². The predicted molar refractivity (Wildman–Crippen MR) is 61.6 cm³/mol. The molecule has 0 heterocycles. The minimum absolute atomic E-state index is 0.211. The minimum atomic E-state index is -0.966. The molecule has 0 aliphatic carbocycles. The Hall–Kier alpha value is -1.59. The number of hydrogen-bond acceptors (Lipinski definition) is 4. The van der Waals surface area contributed by atoms with Gasteiger partial charge in [0.1, 0.15) is 12.4 Å². The molecule has 0 fully saturated rings. The van der Waals surface area contributed by atoms with E-state index in [2.05, 4.69) is 0 Å². The van der Waals surface area contributed by atoms with Crippen molar-refractivity contribution in [3.8, 4) is 5.75 Å². The van der Waals surface area contributed by atoms with Crippen LogP contribution in [-0.4, -0.2) is 44.6 Å².